The molecule has 0 radical (unpaired) electrons. The molecule has 0 N–H and O–H groups in total. The van der Waals surface area contributed by atoms with Gasteiger partial charge in [-0.05, 0) is 12.0 Å². The third-order valence-corrected chi connectivity index (χ3v) is 3.94. The zero-order chi connectivity index (χ0) is 18.8. The molecule has 1 aromatic rings. The summed E-state index contributed by atoms with van der Waals surface area (Å²) < 4.78 is 0. The van der Waals surface area contributed by atoms with E-state index in [0.29, 0.717) is 15.4 Å². The van der Waals surface area contributed by atoms with Crippen molar-refractivity contribution in [1.29, 1.82) is 0 Å². The molecule has 1 aromatic carbocycles. The van der Waals surface area contributed by atoms with Crippen molar-refractivity contribution in [3.05, 3.63) is 60.2 Å². The number of hydrogen-bond acceptors (Lipinski definition) is 6. The Labute approximate surface area is 147 Å². The van der Waals surface area contributed by atoms with Gasteiger partial charge in [0.15, 0.2) is 0 Å². The summed E-state index contributed by atoms with van der Waals surface area (Å²) in [7, 11) is 0. The standard InChI is InChI=1S/C18H12N2O6/c21-13-6-7-14(22)19(13)17(25)12(10-11-4-2-1-3-5-11)18(26)20-15(23)8-9-16(20)24/h1-9,12H,10H2. The van der Waals surface area contributed by atoms with Gasteiger partial charge in [0.05, 0.1) is 0 Å². The highest BCUT2D eigenvalue weighted by molar-refractivity contribution is 6.29. The summed E-state index contributed by atoms with van der Waals surface area (Å²) in [5.74, 6) is -7.21. The Morgan fingerprint density at radius 3 is 1.46 bits per heavy atom. The first kappa shape index (κ1) is 17.2. The molecule has 6 amide bonds. The zero-order valence-electron chi connectivity index (χ0n) is 13.3. The highest BCUT2D eigenvalue weighted by Gasteiger charge is 2.43. The fourth-order valence-electron chi connectivity index (χ4n) is 2.68. The van der Waals surface area contributed by atoms with E-state index in [2.05, 4.69) is 0 Å². The average molecular weight is 352 g/mol. The molecule has 26 heavy (non-hydrogen) atoms. The molecular weight excluding hydrogens is 340 g/mol. The Kier molecular flexibility index (Phi) is 4.40. The van der Waals surface area contributed by atoms with Crippen LogP contribution in [-0.2, 0) is 35.2 Å². The van der Waals surface area contributed by atoms with E-state index >= 15 is 0 Å². The largest absolute Gasteiger partial charge is 0.273 e. The monoisotopic (exact) mass is 352 g/mol. The molecule has 0 aromatic heterocycles. The molecule has 8 heteroatoms. The maximum absolute atomic E-state index is 12.7. The molecule has 2 aliphatic rings. The van der Waals surface area contributed by atoms with Gasteiger partial charge in [-0.2, -0.15) is 0 Å². The van der Waals surface area contributed by atoms with Gasteiger partial charge in [-0.25, -0.2) is 9.80 Å². The third-order valence-electron chi connectivity index (χ3n) is 3.94. The van der Waals surface area contributed by atoms with Gasteiger partial charge in [0.1, 0.15) is 5.92 Å². The topological polar surface area (TPSA) is 109 Å². The number of carbonyl (C=O) groups excluding carboxylic acids is 6. The summed E-state index contributed by atoms with van der Waals surface area (Å²) in [5.41, 5.74) is 0.568. The summed E-state index contributed by atoms with van der Waals surface area (Å²) in [5, 5.41) is 0. The second-order valence-electron chi connectivity index (χ2n) is 5.61. The molecule has 0 fully saturated rings. The lowest BCUT2D eigenvalue weighted by Crippen LogP contribution is -2.49. The number of carbonyl (C=O) groups is 6. The van der Waals surface area contributed by atoms with Gasteiger partial charge < -0.3 is 0 Å². The van der Waals surface area contributed by atoms with Crippen molar-refractivity contribution in [3.63, 3.8) is 0 Å². The van der Waals surface area contributed by atoms with E-state index in [-0.39, 0.29) is 6.42 Å². The van der Waals surface area contributed by atoms with Crippen LogP contribution in [0.25, 0.3) is 0 Å². The van der Waals surface area contributed by atoms with Crippen LogP contribution in [0.15, 0.2) is 54.6 Å². The number of amides is 6. The predicted molar refractivity (Wildman–Crippen MR) is 85.6 cm³/mol. The predicted octanol–water partition coefficient (Wildman–Crippen LogP) is -0.252. The Bertz CT molecular complexity index is 810. The Hall–Kier alpha value is -3.68. The first-order valence-electron chi connectivity index (χ1n) is 7.64. The number of benzene rings is 1. The molecule has 0 spiro atoms. The van der Waals surface area contributed by atoms with E-state index in [0.717, 1.165) is 24.3 Å². The van der Waals surface area contributed by atoms with Crippen LogP contribution in [0.2, 0.25) is 0 Å². The fourth-order valence-corrected chi connectivity index (χ4v) is 2.68. The highest BCUT2D eigenvalue weighted by atomic mass is 16.2. The van der Waals surface area contributed by atoms with Crippen LogP contribution in [0.4, 0.5) is 0 Å². The molecule has 3 rings (SSSR count). The molecule has 0 bridgehead atoms. The number of rotatable bonds is 4. The van der Waals surface area contributed by atoms with Gasteiger partial charge in [-0.1, -0.05) is 30.3 Å². The van der Waals surface area contributed by atoms with E-state index in [4.69, 9.17) is 0 Å². The van der Waals surface area contributed by atoms with Crippen molar-refractivity contribution in [1.82, 2.24) is 9.80 Å². The SMILES string of the molecule is O=C1C=CC(=O)N1C(=O)C(Cc1ccccc1)C(=O)N1C(=O)C=CC1=O. The second kappa shape index (κ2) is 6.67. The summed E-state index contributed by atoms with van der Waals surface area (Å²) >= 11 is 0. The quantitative estimate of drug-likeness (QED) is 0.546. The summed E-state index contributed by atoms with van der Waals surface area (Å²) in [6.07, 6.45) is 3.48. The molecule has 0 saturated carbocycles. The van der Waals surface area contributed by atoms with Crippen molar-refractivity contribution < 1.29 is 28.8 Å². The van der Waals surface area contributed by atoms with Crippen LogP contribution in [0.3, 0.4) is 0 Å². The number of imide groups is 6. The van der Waals surface area contributed by atoms with Crippen LogP contribution in [0.1, 0.15) is 5.56 Å². The lowest BCUT2D eigenvalue weighted by molar-refractivity contribution is -0.156. The normalized spacial score (nSPS) is 16.3. The fraction of sp³-hybridized carbons (Fsp3) is 0.111. The van der Waals surface area contributed by atoms with Crippen LogP contribution < -0.4 is 0 Å². The van der Waals surface area contributed by atoms with Gasteiger partial charge in [-0.3, -0.25) is 28.8 Å². The van der Waals surface area contributed by atoms with Crippen molar-refractivity contribution in [2.75, 3.05) is 0 Å². The van der Waals surface area contributed by atoms with Gasteiger partial charge >= 0.3 is 0 Å². The van der Waals surface area contributed by atoms with Crippen molar-refractivity contribution in [3.8, 4) is 0 Å². The number of nitrogens with zero attached hydrogens (tertiary/aromatic N) is 2. The van der Waals surface area contributed by atoms with Crippen molar-refractivity contribution >= 4 is 35.4 Å². The van der Waals surface area contributed by atoms with Crippen molar-refractivity contribution in [2.45, 2.75) is 6.42 Å². The minimum atomic E-state index is -1.57. The molecule has 2 aliphatic heterocycles. The first-order valence-corrected chi connectivity index (χ1v) is 7.64. The molecular formula is C18H12N2O6. The molecule has 8 nitrogen and oxygen atoms in total. The molecule has 130 valence electrons. The van der Waals surface area contributed by atoms with Gasteiger partial charge in [0.25, 0.3) is 23.6 Å². The summed E-state index contributed by atoms with van der Waals surface area (Å²) in [4.78, 5) is 73.3. The highest BCUT2D eigenvalue weighted by Crippen LogP contribution is 2.20. The lowest BCUT2D eigenvalue weighted by atomic mass is 9.96. The smallest absolute Gasteiger partial charge is 0.260 e. The van der Waals surface area contributed by atoms with Gasteiger partial charge in [0.2, 0.25) is 11.8 Å². The second-order valence-corrected chi connectivity index (χ2v) is 5.61. The summed E-state index contributed by atoms with van der Waals surface area (Å²) in [6.45, 7) is 0. The van der Waals surface area contributed by atoms with E-state index in [1.54, 1.807) is 30.3 Å². The van der Waals surface area contributed by atoms with Gasteiger partial charge in [0, 0.05) is 24.3 Å². The van der Waals surface area contributed by atoms with Crippen LogP contribution in [-0.4, -0.2) is 45.2 Å². The maximum atomic E-state index is 12.7. The number of hydrogen-bond donors (Lipinski definition) is 0. The van der Waals surface area contributed by atoms with E-state index in [1.807, 2.05) is 0 Å². The Balaban J connectivity index is 1.94. The Morgan fingerprint density at radius 1 is 0.692 bits per heavy atom. The minimum absolute atomic E-state index is 0.174. The third kappa shape index (κ3) is 3.00. The minimum Gasteiger partial charge on any atom is -0.273 e. The lowest BCUT2D eigenvalue weighted by Gasteiger charge is -2.23. The van der Waals surface area contributed by atoms with E-state index in [1.165, 1.54) is 0 Å². The molecule has 0 atom stereocenters. The molecule has 0 saturated heterocycles. The van der Waals surface area contributed by atoms with Crippen LogP contribution in [0, 0.1) is 5.92 Å². The van der Waals surface area contributed by atoms with E-state index in [9.17, 15) is 28.8 Å². The molecule has 0 aliphatic carbocycles. The molecule has 2 heterocycles. The maximum Gasteiger partial charge on any atom is 0.260 e. The zero-order valence-corrected chi connectivity index (χ0v) is 13.3. The van der Waals surface area contributed by atoms with Crippen molar-refractivity contribution in [2.24, 2.45) is 5.92 Å². The summed E-state index contributed by atoms with van der Waals surface area (Å²) in [6, 6.07) is 8.39. The van der Waals surface area contributed by atoms with Crippen LogP contribution in [0.5, 0.6) is 0 Å². The first-order chi connectivity index (χ1) is 12.4. The van der Waals surface area contributed by atoms with E-state index < -0.39 is 41.4 Å². The Morgan fingerprint density at radius 2 is 1.08 bits per heavy atom. The van der Waals surface area contributed by atoms with Crippen LogP contribution >= 0.6 is 0 Å². The molecule has 0 unspecified atom stereocenters. The van der Waals surface area contributed by atoms with Gasteiger partial charge in [-0.15, -0.1) is 0 Å². The average Bonchev–Trinajstić information content (AvgIpc) is 3.14.